The number of aliphatic hydroxyl groups is 1. The van der Waals surface area contributed by atoms with Gasteiger partial charge in [0.15, 0.2) is 6.10 Å². The fourth-order valence-corrected chi connectivity index (χ4v) is 5.75. The van der Waals surface area contributed by atoms with E-state index in [0.717, 1.165) is 31.3 Å². The third-order valence-corrected chi connectivity index (χ3v) is 7.72. The van der Waals surface area contributed by atoms with Crippen molar-refractivity contribution in [3.8, 4) is 0 Å². The summed E-state index contributed by atoms with van der Waals surface area (Å²) in [4.78, 5) is 24.9. The van der Waals surface area contributed by atoms with Gasteiger partial charge in [-0.05, 0) is 57.4 Å². The molecule has 1 fully saturated rings. The summed E-state index contributed by atoms with van der Waals surface area (Å²) in [7, 11) is 0. The maximum absolute atomic E-state index is 12.9. The van der Waals surface area contributed by atoms with Crippen LogP contribution >= 0.6 is 0 Å². The molecule has 0 unspecified atom stereocenters. The van der Waals surface area contributed by atoms with E-state index in [-0.39, 0.29) is 30.8 Å². The first-order valence-corrected chi connectivity index (χ1v) is 14.5. The van der Waals surface area contributed by atoms with E-state index in [1.165, 1.54) is 18.6 Å². The SMILES string of the molecule is C=C1C[C@H](C)C[C@@H]2CC=C[C@@H](C/C=C\C(=O)O[C@H]([C@H](/C=C/[C@@H]3CC(C)=CCO3)OC(C)=O)C[C@@H]3O[C@@H]3[C@H](O)C1)O2. The molecule has 0 aliphatic carbocycles. The van der Waals surface area contributed by atoms with Crippen molar-refractivity contribution in [3.63, 3.8) is 0 Å². The summed E-state index contributed by atoms with van der Waals surface area (Å²) in [6.07, 6.45) is 14.2. The van der Waals surface area contributed by atoms with Gasteiger partial charge in [0.25, 0.3) is 0 Å². The molecule has 8 heteroatoms. The monoisotopic (exact) mass is 556 g/mol. The number of esters is 2. The van der Waals surface area contributed by atoms with E-state index in [1.54, 1.807) is 12.2 Å². The van der Waals surface area contributed by atoms with Crippen molar-refractivity contribution in [1.82, 2.24) is 0 Å². The van der Waals surface area contributed by atoms with E-state index in [4.69, 9.17) is 23.7 Å². The molecular formula is C32H44O8. The highest BCUT2D eigenvalue weighted by Crippen LogP contribution is 2.35. The standard InChI is InChI=1S/C32H44O8/c1-20-13-14-36-25(16-20)11-12-28(37-23(4)33)29-19-30-32(40-30)27(34)18-22(3)15-21(2)17-26-9-5-7-24(38-26)8-6-10-31(35)39-29/h5-7,10-13,21,24-30,32,34H,3,8-9,14-19H2,1-2,4H3/b10-6-,12-11+/t21-,24-,25+,26-,27+,28-,29-,30-,32+/m0/s1. The second kappa shape index (κ2) is 14.4. The molecule has 4 aliphatic rings. The lowest BCUT2D eigenvalue weighted by Gasteiger charge is -2.28. The summed E-state index contributed by atoms with van der Waals surface area (Å²) in [5, 5.41) is 10.9. The Morgan fingerprint density at radius 1 is 1.18 bits per heavy atom. The second-order valence-corrected chi connectivity index (χ2v) is 11.6. The largest absolute Gasteiger partial charge is 0.455 e. The topological polar surface area (TPSA) is 104 Å². The molecule has 220 valence electrons. The number of hydrogen-bond acceptors (Lipinski definition) is 8. The van der Waals surface area contributed by atoms with Crippen LogP contribution in [0.15, 0.2) is 60.3 Å². The molecule has 0 amide bonds. The van der Waals surface area contributed by atoms with Gasteiger partial charge in [0.1, 0.15) is 12.2 Å². The van der Waals surface area contributed by atoms with Gasteiger partial charge < -0.3 is 28.8 Å². The summed E-state index contributed by atoms with van der Waals surface area (Å²) < 4.78 is 29.3. The third-order valence-electron chi connectivity index (χ3n) is 7.72. The zero-order valence-electron chi connectivity index (χ0n) is 23.9. The Labute approximate surface area is 237 Å². The molecule has 0 spiro atoms. The summed E-state index contributed by atoms with van der Waals surface area (Å²) >= 11 is 0. The van der Waals surface area contributed by atoms with Crippen LogP contribution < -0.4 is 0 Å². The van der Waals surface area contributed by atoms with Crippen LogP contribution in [-0.2, 0) is 33.3 Å². The average Bonchev–Trinajstić information content (AvgIpc) is 3.65. The summed E-state index contributed by atoms with van der Waals surface area (Å²) in [6.45, 7) is 10.3. The Morgan fingerprint density at radius 3 is 2.77 bits per heavy atom. The number of carbonyl (C=O) groups excluding carboxylic acids is 2. The van der Waals surface area contributed by atoms with Gasteiger partial charge in [-0.15, -0.1) is 0 Å². The Bertz CT molecular complexity index is 1030. The molecule has 1 saturated heterocycles. The molecular weight excluding hydrogens is 512 g/mol. The van der Waals surface area contributed by atoms with Gasteiger partial charge in [0.05, 0.1) is 37.1 Å². The number of carbonyl (C=O) groups is 2. The first-order valence-electron chi connectivity index (χ1n) is 14.5. The lowest BCUT2D eigenvalue weighted by molar-refractivity contribution is -0.160. The van der Waals surface area contributed by atoms with Crippen LogP contribution in [0.3, 0.4) is 0 Å². The second-order valence-electron chi connectivity index (χ2n) is 11.6. The normalized spacial score (nSPS) is 37.4. The molecule has 0 aromatic rings. The predicted molar refractivity (Wildman–Crippen MR) is 150 cm³/mol. The summed E-state index contributed by atoms with van der Waals surface area (Å²) in [5.74, 6) is -0.665. The maximum atomic E-state index is 12.9. The molecule has 4 aliphatic heterocycles. The molecule has 9 atom stereocenters. The van der Waals surface area contributed by atoms with Gasteiger partial charge in [-0.25, -0.2) is 4.79 Å². The smallest absolute Gasteiger partial charge is 0.330 e. The van der Waals surface area contributed by atoms with E-state index in [0.29, 0.717) is 25.4 Å². The van der Waals surface area contributed by atoms with Gasteiger partial charge in [0, 0.05) is 19.4 Å². The molecule has 0 aromatic carbocycles. The fraction of sp³-hybridized carbons (Fsp3) is 0.625. The van der Waals surface area contributed by atoms with Crippen molar-refractivity contribution in [1.29, 1.82) is 0 Å². The number of aliphatic hydroxyl groups excluding tert-OH is 1. The minimum absolute atomic E-state index is 0.103. The highest BCUT2D eigenvalue weighted by atomic mass is 16.6. The van der Waals surface area contributed by atoms with Crippen LogP contribution in [0.1, 0.15) is 65.7 Å². The molecule has 0 radical (unpaired) electrons. The number of epoxide rings is 1. The molecule has 4 heterocycles. The van der Waals surface area contributed by atoms with E-state index in [2.05, 4.69) is 19.6 Å². The van der Waals surface area contributed by atoms with Crippen molar-refractivity contribution in [3.05, 3.63) is 60.3 Å². The molecule has 0 saturated carbocycles. The average molecular weight is 557 g/mol. The van der Waals surface area contributed by atoms with Crippen LogP contribution in [0.25, 0.3) is 0 Å². The van der Waals surface area contributed by atoms with Crippen molar-refractivity contribution >= 4 is 11.9 Å². The van der Waals surface area contributed by atoms with Crippen molar-refractivity contribution in [2.24, 2.45) is 5.92 Å². The highest BCUT2D eigenvalue weighted by molar-refractivity contribution is 5.82. The van der Waals surface area contributed by atoms with E-state index < -0.39 is 36.4 Å². The lowest BCUT2D eigenvalue weighted by Crippen LogP contribution is -2.35. The van der Waals surface area contributed by atoms with Crippen molar-refractivity contribution in [2.75, 3.05) is 6.61 Å². The van der Waals surface area contributed by atoms with Crippen LogP contribution in [0.5, 0.6) is 0 Å². The highest BCUT2D eigenvalue weighted by Gasteiger charge is 2.47. The van der Waals surface area contributed by atoms with E-state index in [9.17, 15) is 14.7 Å². The van der Waals surface area contributed by atoms with Crippen molar-refractivity contribution in [2.45, 2.75) is 115 Å². The Morgan fingerprint density at radius 2 is 2.00 bits per heavy atom. The first-order chi connectivity index (χ1) is 19.2. The molecule has 40 heavy (non-hydrogen) atoms. The Kier molecular flexibility index (Phi) is 11.0. The zero-order chi connectivity index (χ0) is 28.6. The van der Waals surface area contributed by atoms with Crippen LogP contribution in [-0.4, -0.2) is 72.5 Å². The number of cyclic esters (lactones) is 1. The predicted octanol–water partition coefficient (Wildman–Crippen LogP) is 4.68. The van der Waals surface area contributed by atoms with Crippen LogP contribution in [0.2, 0.25) is 0 Å². The third kappa shape index (κ3) is 9.54. The molecule has 4 rings (SSSR count). The first kappa shape index (κ1) is 30.4. The lowest BCUT2D eigenvalue weighted by atomic mass is 9.91. The molecule has 2 bridgehead atoms. The zero-order valence-corrected chi connectivity index (χ0v) is 23.9. The number of hydrogen-bond donors (Lipinski definition) is 1. The fourth-order valence-electron chi connectivity index (χ4n) is 5.75. The summed E-state index contributed by atoms with van der Waals surface area (Å²) in [6, 6.07) is 0. The molecule has 0 aromatic heterocycles. The van der Waals surface area contributed by atoms with E-state index in [1.807, 2.05) is 25.2 Å². The van der Waals surface area contributed by atoms with Gasteiger partial charge in [-0.3, -0.25) is 4.79 Å². The minimum Gasteiger partial charge on any atom is -0.455 e. The molecule has 1 N–H and O–H groups in total. The van der Waals surface area contributed by atoms with Gasteiger partial charge in [-0.1, -0.05) is 55.0 Å². The van der Waals surface area contributed by atoms with Crippen LogP contribution in [0.4, 0.5) is 0 Å². The van der Waals surface area contributed by atoms with Gasteiger partial charge >= 0.3 is 11.9 Å². The Balaban J connectivity index is 1.52. The van der Waals surface area contributed by atoms with E-state index >= 15 is 0 Å². The van der Waals surface area contributed by atoms with Gasteiger partial charge in [0.2, 0.25) is 0 Å². The maximum Gasteiger partial charge on any atom is 0.330 e. The van der Waals surface area contributed by atoms with Crippen LogP contribution in [0, 0.1) is 5.92 Å². The summed E-state index contributed by atoms with van der Waals surface area (Å²) in [5.41, 5.74) is 2.20. The molecule has 8 nitrogen and oxygen atoms in total. The Hall–Kier alpha value is -2.52. The number of fused-ring (bicyclic) bond motifs is 3. The van der Waals surface area contributed by atoms with Crippen molar-refractivity contribution < 1.29 is 38.4 Å². The number of ether oxygens (including phenoxy) is 5. The quantitative estimate of drug-likeness (QED) is 0.303. The van der Waals surface area contributed by atoms with Gasteiger partial charge in [-0.2, -0.15) is 0 Å². The number of rotatable bonds is 4. The minimum atomic E-state index is -0.835.